The number of aromatic nitrogens is 3. The van der Waals surface area contributed by atoms with Gasteiger partial charge in [-0.25, -0.2) is 4.98 Å². The molecule has 5 heteroatoms. The van der Waals surface area contributed by atoms with Gasteiger partial charge in [-0.3, -0.25) is 4.68 Å². The van der Waals surface area contributed by atoms with Crippen molar-refractivity contribution in [1.82, 2.24) is 14.8 Å². The first-order valence-electron chi connectivity index (χ1n) is 4.45. The van der Waals surface area contributed by atoms with Gasteiger partial charge in [-0.05, 0) is 28.9 Å². The second kappa shape index (κ2) is 4.02. The first-order valence-corrected chi connectivity index (χ1v) is 5.24. The van der Waals surface area contributed by atoms with E-state index in [0.717, 1.165) is 10.2 Å². The highest BCUT2D eigenvalue weighted by Gasteiger charge is 2.02. The van der Waals surface area contributed by atoms with Crippen LogP contribution in [0.1, 0.15) is 5.69 Å². The minimum atomic E-state index is 0.573. The van der Waals surface area contributed by atoms with Crippen LogP contribution in [0.15, 0.2) is 29.0 Å². The van der Waals surface area contributed by atoms with Gasteiger partial charge >= 0.3 is 0 Å². The molecule has 0 saturated heterocycles. The van der Waals surface area contributed by atoms with E-state index in [1.807, 2.05) is 26.1 Å². The van der Waals surface area contributed by atoms with Crippen LogP contribution in [0.2, 0.25) is 0 Å². The average molecular weight is 268 g/mol. The second-order valence-electron chi connectivity index (χ2n) is 3.17. The van der Waals surface area contributed by atoms with Crippen LogP contribution in [0.3, 0.4) is 0 Å². The fourth-order valence-corrected chi connectivity index (χ4v) is 1.37. The maximum absolute atomic E-state index is 5.52. The highest BCUT2D eigenvalue weighted by atomic mass is 79.9. The molecule has 0 N–H and O–H groups in total. The van der Waals surface area contributed by atoms with Crippen molar-refractivity contribution in [1.29, 1.82) is 0 Å². The predicted octanol–water partition coefficient (Wildman–Crippen LogP) is 2.68. The maximum atomic E-state index is 5.52. The summed E-state index contributed by atoms with van der Waals surface area (Å²) in [6, 6.07) is 3.72. The summed E-state index contributed by atoms with van der Waals surface area (Å²) in [5, 5.41) is 4.01. The van der Waals surface area contributed by atoms with Crippen molar-refractivity contribution in [3.8, 4) is 11.6 Å². The van der Waals surface area contributed by atoms with Gasteiger partial charge in [0.15, 0.2) is 5.75 Å². The molecule has 0 aliphatic heterocycles. The molecule has 78 valence electrons. The fourth-order valence-electron chi connectivity index (χ4n) is 1.15. The molecule has 0 spiro atoms. The quantitative estimate of drug-likeness (QED) is 0.840. The van der Waals surface area contributed by atoms with Gasteiger partial charge < -0.3 is 4.74 Å². The lowest BCUT2D eigenvalue weighted by atomic mass is 10.4. The number of rotatable bonds is 2. The Balaban J connectivity index is 2.21. The van der Waals surface area contributed by atoms with Crippen molar-refractivity contribution in [3.05, 3.63) is 34.7 Å². The van der Waals surface area contributed by atoms with Gasteiger partial charge in [-0.1, -0.05) is 0 Å². The highest BCUT2D eigenvalue weighted by Crippen LogP contribution is 2.22. The first-order chi connectivity index (χ1) is 7.15. The molecule has 0 atom stereocenters. The smallest absolute Gasteiger partial charge is 0.219 e. The van der Waals surface area contributed by atoms with Gasteiger partial charge in [-0.15, -0.1) is 0 Å². The number of hydrogen-bond donors (Lipinski definition) is 0. The third kappa shape index (κ3) is 2.36. The minimum Gasteiger partial charge on any atom is -0.436 e. The van der Waals surface area contributed by atoms with E-state index in [9.17, 15) is 0 Å². The minimum absolute atomic E-state index is 0.573. The number of hydrogen-bond acceptors (Lipinski definition) is 3. The van der Waals surface area contributed by atoms with Crippen molar-refractivity contribution in [2.45, 2.75) is 6.92 Å². The van der Waals surface area contributed by atoms with E-state index in [0.29, 0.717) is 11.6 Å². The van der Waals surface area contributed by atoms with Crippen LogP contribution in [0.5, 0.6) is 11.6 Å². The summed E-state index contributed by atoms with van der Waals surface area (Å²) in [7, 11) is 1.84. The number of aryl methyl sites for hydroxylation is 2. The Morgan fingerprint density at radius 1 is 1.40 bits per heavy atom. The van der Waals surface area contributed by atoms with Crippen LogP contribution in [0.4, 0.5) is 0 Å². The number of halogens is 1. The molecule has 0 amide bonds. The zero-order chi connectivity index (χ0) is 10.8. The molecule has 0 saturated carbocycles. The van der Waals surface area contributed by atoms with Crippen molar-refractivity contribution in [2.75, 3.05) is 0 Å². The topological polar surface area (TPSA) is 39.9 Å². The lowest BCUT2D eigenvalue weighted by molar-refractivity contribution is 0.461. The zero-order valence-electron chi connectivity index (χ0n) is 8.44. The van der Waals surface area contributed by atoms with E-state index in [-0.39, 0.29) is 0 Å². The highest BCUT2D eigenvalue weighted by molar-refractivity contribution is 9.10. The van der Waals surface area contributed by atoms with Gasteiger partial charge in [0.2, 0.25) is 5.88 Å². The Bertz CT molecular complexity index is 481. The number of nitrogens with zero attached hydrogens (tertiary/aromatic N) is 3. The summed E-state index contributed by atoms with van der Waals surface area (Å²) in [5.74, 6) is 1.26. The molecular formula is C10H10BrN3O. The van der Waals surface area contributed by atoms with E-state index in [1.54, 1.807) is 17.1 Å². The Kier molecular flexibility index (Phi) is 2.73. The summed E-state index contributed by atoms with van der Waals surface area (Å²) in [6.07, 6.45) is 3.44. The van der Waals surface area contributed by atoms with Crippen molar-refractivity contribution < 1.29 is 4.74 Å². The summed E-state index contributed by atoms with van der Waals surface area (Å²) < 4.78 is 8.17. The Hall–Kier alpha value is -1.36. The Morgan fingerprint density at radius 3 is 2.80 bits per heavy atom. The van der Waals surface area contributed by atoms with Crippen LogP contribution in [-0.4, -0.2) is 14.8 Å². The van der Waals surface area contributed by atoms with Gasteiger partial charge in [0.1, 0.15) is 0 Å². The third-order valence-electron chi connectivity index (χ3n) is 1.90. The SMILES string of the molecule is Cc1nc(Oc2cnn(C)c2)ccc1Br. The first kappa shape index (κ1) is 10.2. The molecule has 2 aromatic rings. The van der Waals surface area contributed by atoms with Gasteiger partial charge in [0, 0.05) is 17.6 Å². The molecule has 2 rings (SSSR count). The number of pyridine rings is 1. The molecule has 0 bridgehead atoms. The Labute approximate surface area is 96.0 Å². The third-order valence-corrected chi connectivity index (χ3v) is 2.74. The normalized spacial score (nSPS) is 10.3. The second-order valence-corrected chi connectivity index (χ2v) is 4.02. The number of ether oxygens (including phenoxy) is 1. The molecule has 2 heterocycles. The molecule has 2 aromatic heterocycles. The summed E-state index contributed by atoms with van der Waals surface area (Å²) in [5.41, 5.74) is 0.899. The van der Waals surface area contributed by atoms with Gasteiger partial charge in [0.05, 0.1) is 18.1 Å². The lowest BCUT2D eigenvalue weighted by Gasteiger charge is -2.03. The largest absolute Gasteiger partial charge is 0.436 e. The van der Waals surface area contributed by atoms with Gasteiger partial charge in [0.25, 0.3) is 0 Å². The standard InChI is InChI=1S/C10H10BrN3O/c1-7-9(11)3-4-10(13-7)15-8-5-12-14(2)6-8/h3-6H,1-2H3. The van der Waals surface area contributed by atoms with Crippen molar-refractivity contribution in [3.63, 3.8) is 0 Å². The van der Waals surface area contributed by atoms with E-state index in [2.05, 4.69) is 26.0 Å². The molecule has 15 heavy (non-hydrogen) atoms. The Morgan fingerprint density at radius 2 is 2.20 bits per heavy atom. The summed E-state index contributed by atoms with van der Waals surface area (Å²) in [6.45, 7) is 1.92. The van der Waals surface area contributed by atoms with E-state index >= 15 is 0 Å². The summed E-state index contributed by atoms with van der Waals surface area (Å²) in [4.78, 5) is 4.27. The summed E-state index contributed by atoms with van der Waals surface area (Å²) >= 11 is 3.38. The van der Waals surface area contributed by atoms with Crippen LogP contribution >= 0.6 is 15.9 Å². The van der Waals surface area contributed by atoms with Crippen LogP contribution in [-0.2, 0) is 7.05 Å². The average Bonchev–Trinajstić information content (AvgIpc) is 2.58. The maximum Gasteiger partial charge on any atom is 0.219 e. The fraction of sp³-hybridized carbons (Fsp3) is 0.200. The van der Waals surface area contributed by atoms with E-state index < -0.39 is 0 Å². The molecular weight excluding hydrogens is 258 g/mol. The molecule has 4 nitrogen and oxygen atoms in total. The van der Waals surface area contributed by atoms with Gasteiger partial charge in [-0.2, -0.15) is 5.10 Å². The molecule has 0 fully saturated rings. The molecule has 0 unspecified atom stereocenters. The monoisotopic (exact) mass is 267 g/mol. The molecule has 0 radical (unpaired) electrons. The zero-order valence-corrected chi connectivity index (χ0v) is 10.0. The van der Waals surface area contributed by atoms with Crippen LogP contribution in [0, 0.1) is 6.92 Å². The van der Waals surface area contributed by atoms with E-state index in [4.69, 9.17) is 4.74 Å². The molecule has 0 aromatic carbocycles. The van der Waals surface area contributed by atoms with Crippen molar-refractivity contribution in [2.24, 2.45) is 7.05 Å². The van der Waals surface area contributed by atoms with Crippen LogP contribution < -0.4 is 4.74 Å². The lowest BCUT2D eigenvalue weighted by Crippen LogP contribution is -1.89. The van der Waals surface area contributed by atoms with E-state index in [1.165, 1.54) is 0 Å². The van der Waals surface area contributed by atoms with Crippen molar-refractivity contribution >= 4 is 15.9 Å². The van der Waals surface area contributed by atoms with Crippen LogP contribution in [0.25, 0.3) is 0 Å². The predicted molar refractivity (Wildman–Crippen MR) is 60.0 cm³/mol. The molecule has 0 aliphatic rings. The molecule has 0 aliphatic carbocycles.